The Hall–Kier alpha value is -1.71. The molecule has 0 atom stereocenters. The summed E-state index contributed by atoms with van der Waals surface area (Å²) in [5.74, 6) is 0.623. The fourth-order valence-corrected chi connectivity index (χ4v) is 1.06. The lowest BCUT2D eigenvalue weighted by Crippen LogP contribution is -1.93. The third kappa shape index (κ3) is 0.887. The predicted molar refractivity (Wildman–Crippen MR) is 43.1 cm³/mol. The van der Waals surface area contributed by atoms with Gasteiger partial charge in [-0.25, -0.2) is 9.97 Å². The van der Waals surface area contributed by atoms with Crippen LogP contribution in [0.1, 0.15) is 16.1 Å². The smallest absolute Gasteiger partial charge is 0.233 e. The van der Waals surface area contributed by atoms with Crippen LogP contribution in [0.5, 0.6) is 0 Å². The molecule has 0 unspecified atom stereocenters. The van der Waals surface area contributed by atoms with Crippen molar-refractivity contribution in [1.29, 1.82) is 0 Å². The second-order valence-corrected chi connectivity index (χ2v) is 2.57. The molecule has 2 heterocycles. The maximum absolute atomic E-state index is 10.4. The van der Waals surface area contributed by atoms with E-state index in [1.165, 1.54) is 6.20 Å². The summed E-state index contributed by atoms with van der Waals surface area (Å²) in [6.45, 7) is 1.91. The van der Waals surface area contributed by atoms with Crippen LogP contribution in [0.15, 0.2) is 18.6 Å². The van der Waals surface area contributed by atoms with E-state index in [0.717, 1.165) is 12.0 Å². The monoisotopic (exact) mass is 161 g/mol. The lowest BCUT2D eigenvalue weighted by molar-refractivity contribution is 0.112. The number of rotatable bonds is 1. The van der Waals surface area contributed by atoms with E-state index in [2.05, 4.69) is 9.97 Å². The van der Waals surface area contributed by atoms with Gasteiger partial charge in [-0.2, -0.15) is 0 Å². The Morgan fingerprint density at radius 1 is 1.42 bits per heavy atom. The second kappa shape index (κ2) is 2.41. The van der Waals surface area contributed by atoms with Crippen molar-refractivity contribution in [2.45, 2.75) is 6.92 Å². The van der Waals surface area contributed by atoms with Gasteiger partial charge in [0.1, 0.15) is 0 Å². The molecule has 4 nitrogen and oxygen atoms in total. The first-order valence-electron chi connectivity index (χ1n) is 3.56. The molecule has 0 aliphatic heterocycles. The molecule has 0 spiro atoms. The lowest BCUT2D eigenvalue weighted by atomic mass is 10.4. The molecule has 0 radical (unpaired) electrons. The minimum Gasteiger partial charge on any atom is -0.298 e. The summed E-state index contributed by atoms with van der Waals surface area (Å²) in [5.41, 5.74) is 1.53. The van der Waals surface area contributed by atoms with Crippen LogP contribution in [-0.4, -0.2) is 20.7 Å². The van der Waals surface area contributed by atoms with Crippen molar-refractivity contribution >= 4 is 12.1 Å². The second-order valence-electron chi connectivity index (χ2n) is 2.57. The molecular weight excluding hydrogens is 154 g/mol. The minimum absolute atomic E-state index is 0.559. The number of nitrogens with zero attached hydrogens (tertiary/aromatic N) is 3. The Labute approximate surface area is 68.9 Å². The van der Waals surface area contributed by atoms with Crippen LogP contribution < -0.4 is 0 Å². The number of aldehydes is 1. The van der Waals surface area contributed by atoms with E-state index < -0.39 is 0 Å². The highest BCUT2D eigenvalue weighted by atomic mass is 16.1. The number of carbonyl (C=O) groups is 1. The van der Waals surface area contributed by atoms with Crippen LogP contribution in [0.25, 0.3) is 5.78 Å². The van der Waals surface area contributed by atoms with Gasteiger partial charge in [-0.3, -0.25) is 9.20 Å². The van der Waals surface area contributed by atoms with Gasteiger partial charge < -0.3 is 0 Å². The Morgan fingerprint density at radius 3 is 2.92 bits per heavy atom. The van der Waals surface area contributed by atoms with Crippen molar-refractivity contribution in [2.24, 2.45) is 0 Å². The molecule has 0 aliphatic rings. The average Bonchev–Trinajstić information content (AvgIpc) is 2.47. The van der Waals surface area contributed by atoms with Gasteiger partial charge in [0, 0.05) is 23.7 Å². The molecule has 4 heteroatoms. The van der Waals surface area contributed by atoms with E-state index in [9.17, 15) is 4.79 Å². The largest absolute Gasteiger partial charge is 0.298 e. The molecule has 2 rings (SSSR count). The van der Waals surface area contributed by atoms with Gasteiger partial charge in [0.15, 0.2) is 6.29 Å². The average molecular weight is 161 g/mol. The number of hydrogen-bond donors (Lipinski definition) is 0. The molecule has 0 saturated heterocycles. The first-order valence-corrected chi connectivity index (χ1v) is 3.56. The SMILES string of the molecule is Cc1cnc2ncc(C=O)cn12. The van der Waals surface area contributed by atoms with Crippen LogP contribution in [-0.2, 0) is 0 Å². The first kappa shape index (κ1) is 6.97. The van der Waals surface area contributed by atoms with Crippen LogP contribution in [0.3, 0.4) is 0 Å². The number of aryl methyl sites for hydroxylation is 1. The summed E-state index contributed by atoms with van der Waals surface area (Å²) >= 11 is 0. The molecule has 0 bridgehead atoms. The zero-order valence-corrected chi connectivity index (χ0v) is 6.56. The van der Waals surface area contributed by atoms with Gasteiger partial charge >= 0.3 is 0 Å². The van der Waals surface area contributed by atoms with Crippen molar-refractivity contribution in [2.75, 3.05) is 0 Å². The van der Waals surface area contributed by atoms with Gasteiger partial charge in [0.2, 0.25) is 5.78 Å². The van der Waals surface area contributed by atoms with Crippen molar-refractivity contribution in [3.63, 3.8) is 0 Å². The van der Waals surface area contributed by atoms with E-state index in [1.807, 2.05) is 6.92 Å². The molecule has 2 aromatic rings. The maximum atomic E-state index is 10.4. The van der Waals surface area contributed by atoms with E-state index in [-0.39, 0.29) is 0 Å². The first-order chi connectivity index (χ1) is 5.81. The van der Waals surface area contributed by atoms with E-state index >= 15 is 0 Å². The molecule has 0 fully saturated rings. The molecule has 0 aliphatic carbocycles. The lowest BCUT2D eigenvalue weighted by Gasteiger charge is -1.94. The van der Waals surface area contributed by atoms with Gasteiger partial charge in [-0.05, 0) is 6.92 Å². The van der Waals surface area contributed by atoms with Gasteiger partial charge in [0.05, 0.1) is 6.20 Å². The molecule has 2 aromatic heterocycles. The van der Waals surface area contributed by atoms with Gasteiger partial charge in [0.25, 0.3) is 0 Å². The third-order valence-electron chi connectivity index (χ3n) is 1.71. The molecule has 60 valence electrons. The highest BCUT2D eigenvalue weighted by Gasteiger charge is 1.99. The van der Waals surface area contributed by atoms with E-state index in [0.29, 0.717) is 11.3 Å². The third-order valence-corrected chi connectivity index (χ3v) is 1.71. The predicted octanol–water partition coefficient (Wildman–Crippen LogP) is 0.850. The fourth-order valence-electron chi connectivity index (χ4n) is 1.06. The quantitative estimate of drug-likeness (QED) is 0.582. The Balaban J connectivity index is 2.79. The molecule has 0 N–H and O–H groups in total. The zero-order valence-electron chi connectivity index (χ0n) is 6.56. The molecular formula is C8H7N3O. The minimum atomic E-state index is 0.559. The summed E-state index contributed by atoms with van der Waals surface area (Å²) in [6.07, 6.45) is 5.72. The van der Waals surface area contributed by atoms with E-state index in [4.69, 9.17) is 0 Å². The summed E-state index contributed by atoms with van der Waals surface area (Å²) in [4.78, 5) is 18.4. The number of fused-ring (bicyclic) bond motifs is 1. The number of aromatic nitrogens is 3. The number of hydrogen-bond acceptors (Lipinski definition) is 3. The van der Waals surface area contributed by atoms with Crippen LogP contribution in [0.2, 0.25) is 0 Å². The van der Waals surface area contributed by atoms with Crippen molar-refractivity contribution in [3.05, 3.63) is 29.8 Å². The van der Waals surface area contributed by atoms with Crippen molar-refractivity contribution < 1.29 is 4.79 Å². The molecule has 12 heavy (non-hydrogen) atoms. The van der Waals surface area contributed by atoms with Crippen LogP contribution in [0.4, 0.5) is 0 Å². The highest BCUT2D eigenvalue weighted by Crippen LogP contribution is 2.03. The molecule has 0 aromatic carbocycles. The summed E-state index contributed by atoms with van der Waals surface area (Å²) in [6, 6.07) is 0. The van der Waals surface area contributed by atoms with Crippen molar-refractivity contribution in [3.8, 4) is 0 Å². The number of carbonyl (C=O) groups excluding carboxylic acids is 1. The maximum Gasteiger partial charge on any atom is 0.233 e. The van der Waals surface area contributed by atoms with Crippen molar-refractivity contribution in [1.82, 2.24) is 14.4 Å². The zero-order chi connectivity index (χ0) is 8.55. The van der Waals surface area contributed by atoms with Crippen LogP contribution in [0, 0.1) is 6.92 Å². The standard InChI is InChI=1S/C8H7N3O/c1-6-2-9-8-10-3-7(5-12)4-11(6)8/h2-5H,1H3. The van der Waals surface area contributed by atoms with Crippen LogP contribution >= 0.6 is 0 Å². The summed E-state index contributed by atoms with van der Waals surface area (Å²) < 4.78 is 1.78. The summed E-state index contributed by atoms with van der Waals surface area (Å²) in [5, 5.41) is 0. The Bertz CT molecular complexity index is 433. The normalized spacial score (nSPS) is 10.4. The molecule has 0 saturated carbocycles. The number of imidazole rings is 1. The van der Waals surface area contributed by atoms with E-state index in [1.54, 1.807) is 16.8 Å². The fraction of sp³-hybridized carbons (Fsp3) is 0.125. The Morgan fingerprint density at radius 2 is 2.17 bits per heavy atom. The Kier molecular flexibility index (Phi) is 1.40. The topological polar surface area (TPSA) is 47.3 Å². The highest BCUT2D eigenvalue weighted by molar-refractivity contribution is 5.73. The summed E-state index contributed by atoms with van der Waals surface area (Å²) in [7, 11) is 0. The van der Waals surface area contributed by atoms with Gasteiger partial charge in [-0.1, -0.05) is 0 Å². The van der Waals surface area contributed by atoms with Gasteiger partial charge in [-0.15, -0.1) is 0 Å². The molecule has 0 amide bonds.